The second kappa shape index (κ2) is 17.1. The fourth-order valence-electron chi connectivity index (χ4n) is 5.45. The molecule has 3 atom stereocenters. The number of azo groups is 1. The summed E-state index contributed by atoms with van der Waals surface area (Å²) in [4.78, 5) is 12.8. The Bertz CT molecular complexity index is 985. The van der Waals surface area contributed by atoms with Gasteiger partial charge in [-0.1, -0.05) is 85.5 Å². The van der Waals surface area contributed by atoms with E-state index in [4.69, 9.17) is 9.47 Å². The van der Waals surface area contributed by atoms with Crippen LogP contribution in [0.25, 0.3) is 0 Å². The fourth-order valence-corrected chi connectivity index (χ4v) is 5.45. The summed E-state index contributed by atoms with van der Waals surface area (Å²) in [6.45, 7) is 9.71. The third-order valence-corrected chi connectivity index (χ3v) is 7.96. The highest BCUT2D eigenvalue weighted by atomic mass is 16.5. The van der Waals surface area contributed by atoms with Crippen LogP contribution in [0.1, 0.15) is 115 Å². The van der Waals surface area contributed by atoms with E-state index in [1.165, 1.54) is 57.8 Å². The van der Waals surface area contributed by atoms with Crippen LogP contribution in [0, 0.1) is 17.8 Å². The second-order valence-corrected chi connectivity index (χ2v) is 11.7. The Morgan fingerprint density at radius 1 is 0.821 bits per heavy atom. The van der Waals surface area contributed by atoms with Crippen molar-refractivity contribution in [2.24, 2.45) is 28.0 Å². The highest BCUT2D eigenvalue weighted by Gasteiger charge is 2.33. The molecule has 2 aromatic carbocycles. The molecule has 214 valence electrons. The van der Waals surface area contributed by atoms with Gasteiger partial charge in [0.1, 0.15) is 11.9 Å². The molecule has 3 rings (SSSR count). The predicted molar refractivity (Wildman–Crippen MR) is 160 cm³/mol. The Hall–Kier alpha value is -2.69. The highest BCUT2D eigenvalue weighted by Crippen LogP contribution is 2.35. The maximum atomic E-state index is 12.8. The van der Waals surface area contributed by atoms with Crippen molar-refractivity contribution in [1.29, 1.82) is 0 Å². The van der Waals surface area contributed by atoms with E-state index in [1.807, 2.05) is 36.4 Å². The van der Waals surface area contributed by atoms with Gasteiger partial charge in [0.2, 0.25) is 0 Å². The predicted octanol–water partition coefficient (Wildman–Crippen LogP) is 10.6. The molecular formula is C34H50N2O3. The second-order valence-electron chi connectivity index (χ2n) is 11.7. The molecule has 39 heavy (non-hydrogen) atoms. The Kier molecular flexibility index (Phi) is 13.5. The van der Waals surface area contributed by atoms with Gasteiger partial charge in [0.15, 0.2) is 0 Å². The summed E-state index contributed by atoms with van der Waals surface area (Å²) >= 11 is 0. The molecule has 2 aromatic rings. The van der Waals surface area contributed by atoms with Crippen molar-refractivity contribution < 1.29 is 14.3 Å². The van der Waals surface area contributed by atoms with E-state index in [0.717, 1.165) is 37.3 Å². The van der Waals surface area contributed by atoms with Crippen molar-refractivity contribution in [1.82, 2.24) is 0 Å². The maximum Gasteiger partial charge on any atom is 0.338 e. The van der Waals surface area contributed by atoms with Gasteiger partial charge in [-0.25, -0.2) is 4.79 Å². The van der Waals surface area contributed by atoms with Crippen LogP contribution in [-0.4, -0.2) is 18.7 Å². The molecule has 1 fully saturated rings. The number of benzene rings is 2. The molecule has 1 aliphatic carbocycles. The normalized spacial score (nSPS) is 19.5. The summed E-state index contributed by atoms with van der Waals surface area (Å²) in [6, 6.07) is 14.9. The number of hydrogen-bond donors (Lipinski definition) is 0. The van der Waals surface area contributed by atoms with E-state index in [-0.39, 0.29) is 12.1 Å². The van der Waals surface area contributed by atoms with Crippen LogP contribution in [0.2, 0.25) is 0 Å². The monoisotopic (exact) mass is 534 g/mol. The molecule has 5 heteroatoms. The zero-order chi connectivity index (χ0) is 27.9. The minimum Gasteiger partial charge on any atom is -0.494 e. The molecule has 0 aromatic heterocycles. The largest absolute Gasteiger partial charge is 0.494 e. The molecule has 0 radical (unpaired) electrons. The summed E-state index contributed by atoms with van der Waals surface area (Å²) in [7, 11) is 0. The van der Waals surface area contributed by atoms with Gasteiger partial charge < -0.3 is 9.47 Å². The van der Waals surface area contributed by atoms with Gasteiger partial charge >= 0.3 is 5.97 Å². The van der Waals surface area contributed by atoms with Crippen LogP contribution >= 0.6 is 0 Å². The van der Waals surface area contributed by atoms with Gasteiger partial charge in [0, 0.05) is 0 Å². The lowest BCUT2D eigenvalue weighted by molar-refractivity contribution is -0.0174. The van der Waals surface area contributed by atoms with Crippen molar-refractivity contribution in [3.8, 4) is 5.75 Å². The van der Waals surface area contributed by atoms with Crippen LogP contribution in [0.15, 0.2) is 58.8 Å². The van der Waals surface area contributed by atoms with Gasteiger partial charge in [-0.15, -0.1) is 0 Å². The van der Waals surface area contributed by atoms with Crippen LogP contribution in [0.5, 0.6) is 5.75 Å². The summed E-state index contributed by atoms with van der Waals surface area (Å²) in [5, 5.41) is 8.66. The average molecular weight is 535 g/mol. The third-order valence-electron chi connectivity index (χ3n) is 7.96. The zero-order valence-corrected chi connectivity index (χ0v) is 24.7. The zero-order valence-electron chi connectivity index (χ0n) is 24.7. The highest BCUT2D eigenvalue weighted by molar-refractivity contribution is 5.89. The van der Waals surface area contributed by atoms with Crippen LogP contribution in [0.4, 0.5) is 11.4 Å². The van der Waals surface area contributed by atoms with E-state index in [1.54, 1.807) is 12.1 Å². The molecule has 0 amide bonds. The number of rotatable bonds is 16. The van der Waals surface area contributed by atoms with Crippen molar-refractivity contribution in [2.45, 2.75) is 111 Å². The topological polar surface area (TPSA) is 60.2 Å². The summed E-state index contributed by atoms with van der Waals surface area (Å²) in [5.41, 5.74) is 2.02. The summed E-state index contributed by atoms with van der Waals surface area (Å²) < 4.78 is 11.8. The molecule has 0 N–H and O–H groups in total. The lowest BCUT2D eigenvalue weighted by atomic mass is 9.75. The van der Waals surface area contributed by atoms with Crippen molar-refractivity contribution in [2.75, 3.05) is 6.61 Å². The van der Waals surface area contributed by atoms with E-state index in [0.29, 0.717) is 29.0 Å². The first kappa shape index (κ1) is 30.8. The van der Waals surface area contributed by atoms with E-state index < -0.39 is 0 Å². The minimum absolute atomic E-state index is 0.00216. The summed E-state index contributed by atoms with van der Waals surface area (Å²) in [5.74, 6) is 2.16. The Balaban J connectivity index is 1.38. The number of carbonyl (C=O) groups is 1. The smallest absolute Gasteiger partial charge is 0.338 e. The van der Waals surface area contributed by atoms with Crippen molar-refractivity contribution in [3.63, 3.8) is 0 Å². The van der Waals surface area contributed by atoms with Gasteiger partial charge in [-0.3, -0.25) is 0 Å². The van der Waals surface area contributed by atoms with Crippen molar-refractivity contribution in [3.05, 3.63) is 54.1 Å². The van der Waals surface area contributed by atoms with Gasteiger partial charge in [-0.05, 0) is 85.5 Å². The van der Waals surface area contributed by atoms with Crippen LogP contribution in [-0.2, 0) is 4.74 Å². The Morgan fingerprint density at radius 3 is 1.97 bits per heavy atom. The molecule has 3 unspecified atom stereocenters. The Labute approximate surface area is 236 Å². The van der Waals surface area contributed by atoms with E-state index >= 15 is 0 Å². The third kappa shape index (κ3) is 11.1. The SMILES string of the molecule is CCCCCCCCCCCOc1ccc(N=Nc2ccc(C(=O)OC3CC(C)CCC3C(C)C)cc2)cc1. The Morgan fingerprint density at radius 2 is 1.38 bits per heavy atom. The number of esters is 1. The molecule has 1 aliphatic rings. The fraction of sp³-hybridized carbons (Fsp3) is 0.618. The molecule has 0 saturated heterocycles. The molecule has 0 spiro atoms. The number of hydrogen-bond acceptors (Lipinski definition) is 5. The quantitative estimate of drug-likeness (QED) is 0.122. The molecule has 5 nitrogen and oxygen atoms in total. The first-order valence-corrected chi connectivity index (χ1v) is 15.4. The number of ether oxygens (including phenoxy) is 2. The van der Waals surface area contributed by atoms with Crippen LogP contribution in [0.3, 0.4) is 0 Å². The van der Waals surface area contributed by atoms with E-state index in [9.17, 15) is 4.79 Å². The number of unbranched alkanes of at least 4 members (excludes halogenated alkanes) is 8. The number of carbonyl (C=O) groups excluding carboxylic acids is 1. The van der Waals surface area contributed by atoms with Crippen molar-refractivity contribution >= 4 is 17.3 Å². The average Bonchev–Trinajstić information content (AvgIpc) is 2.93. The first-order valence-electron chi connectivity index (χ1n) is 15.4. The van der Waals surface area contributed by atoms with Crippen LogP contribution < -0.4 is 4.74 Å². The van der Waals surface area contributed by atoms with Gasteiger partial charge in [0.05, 0.1) is 23.5 Å². The maximum absolute atomic E-state index is 12.8. The lowest BCUT2D eigenvalue weighted by Crippen LogP contribution is -2.35. The first-order chi connectivity index (χ1) is 19.0. The number of nitrogens with zero attached hydrogens (tertiary/aromatic N) is 2. The minimum atomic E-state index is -0.249. The van der Waals surface area contributed by atoms with E-state index in [2.05, 4.69) is 37.9 Å². The molecular weight excluding hydrogens is 484 g/mol. The molecule has 0 aliphatic heterocycles. The molecule has 0 bridgehead atoms. The lowest BCUT2D eigenvalue weighted by Gasteiger charge is -2.36. The van der Waals surface area contributed by atoms with Gasteiger partial charge in [-0.2, -0.15) is 10.2 Å². The molecule has 0 heterocycles. The standard InChI is InChI=1S/C34H50N2O3/c1-5-6-7-8-9-10-11-12-13-24-38-31-21-19-30(20-22-31)36-35-29-17-15-28(16-18-29)34(37)39-33-25-27(4)14-23-32(33)26(2)3/h15-22,26-27,32-33H,5-14,23-25H2,1-4H3. The molecule has 1 saturated carbocycles. The van der Waals surface area contributed by atoms with Gasteiger partial charge in [0.25, 0.3) is 0 Å². The summed E-state index contributed by atoms with van der Waals surface area (Å²) in [6.07, 6.45) is 15.1.